The molecule has 88 valence electrons. The van der Waals surface area contributed by atoms with Gasteiger partial charge < -0.3 is 5.11 Å². The smallest absolute Gasteiger partial charge is 0.137 e. The van der Waals surface area contributed by atoms with Crippen molar-refractivity contribution in [2.24, 2.45) is 5.92 Å². The van der Waals surface area contributed by atoms with Crippen LogP contribution in [0, 0.1) is 11.7 Å². The number of halogens is 2. The zero-order valence-corrected chi connectivity index (χ0v) is 10.9. The average Bonchev–Trinajstić information content (AvgIpc) is 2.52. The fourth-order valence-electron chi connectivity index (χ4n) is 2.56. The van der Waals surface area contributed by atoms with E-state index in [0.717, 1.165) is 24.8 Å². The van der Waals surface area contributed by atoms with Gasteiger partial charge in [0.2, 0.25) is 0 Å². The van der Waals surface area contributed by atoms with Gasteiger partial charge in [-0.05, 0) is 58.8 Å². The monoisotopic (exact) mass is 286 g/mol. The van der Waals surface area contributed by atoms with Crippen LogP contribution in [0.2, 0.25) is 0 Å². The first-order valence-electron chi connectivity index (χ1n) is 5.65. The molecule has 1 nitrogen and oxygen atoms in total. The SMILES string of the molecule is CC1CCC(O)(Cc2ccc(F)c(Br)c2)C1. The van der Waals surface area contributed by atoms with Crippen molar-refractivity contribution in [2.75, 3.05) is 0 Å². The van der Waals surface area contributed by atoms with E-state index in [1.165, 1.54) is 6.07 Å². The third-order valence-corrected chi connectivity index (χ3v) is 3.96. The zero-order valence-electron chi connectivity index (χ0n) is 9.34. The van der Waals surface area contributed by atoms with E-state index in [2.05, 4.69) is 22.9 Å². The molecule has 1 aromatic carbocycles. The lowest BCUT2D eigenvalue weighted by atomic mass is 9.92. The van der Waals surface area contributed by atoms with Gasteiger partial charge in [-0.1, -0.05) is 13.0 Å². The van der Waals surface area contributed by atoms with Crippen molar-refractivity contribution in [1.82, 2.24) is 0 Å². The van der Waals surface area contributed by atoms with Gasteiger partial charge >= 0.3 is 0 Å². The van der Waals surface area contributed by atoms with Crippen LogP contribution in [-0.2, 0) is 6.42 Å². The number of benzene rings is 1. The van der Waals surface area contributed by atoms with Crippen LogP contribution in [0.25, 0.3) is 0 Å². The molecule has 0 heterocycles. The molecule has 2 rings (SSSR count). The van der Waals surface area contributed by atoms with E-state index in [1.807, 2.05) is 0 Å². The molecule has 1 aliphatic carbocycles. The second-order valence-electron chi connectivity index (χ2n) is 5.00. The van der Waals surface area contributed by atoms with E-state index < -0.39 is 5.60 Å². The predicted molar refractivity (Wildman–Crippen MR) is 65.8 cm³/mol. The highest BCUT2D eigenvalue weighted by molar-refractivity contribution is 9.10. The van der Waals surface area contributed by atoms with Crippen LogP contribution in [0.3, 0.4) is 0 Å². The maximum Gasteiger partial charge on any atom is 0.137 e. The summed E-state index contributed by atoms with van der Waals surface area (Å²) >= 11 is 3.17. The Bertz CT molecular complexity index is 394. The van der Waals surface area contributed by atoms with Gasteiger partial charge in [-0.3, -0.25) is 0 Å². The largest absolute Gasteiger partial charge is 0.390 e. The first-order valence-corrected chi connectivity index (χ1v) is 6.44. The Morgan fingerprint density at radius 2 is 2.31 bits per heavy atom. The van der Waals surface area contributed by atoms with Crippen LogP contribution in [0.1, 0.15) is 31.7 Å². The molecule has 1 N–H and O–H groups in total. The number of hydrogen-bond donors (Lipinski definition) is 1. The van der Waals surface area contributed by atoms with E-state index in [1.54, 1.807) is 12.1 Å². The number of rotatable bonds is 2. The average molecular weight is 287 g/mol. The highest BCUT2D eigenvalue weighted by atomic mass is 79.9. The van der Waals surface area contributed by atoms with Crippen molar-refractivity contribution in [3.05, 3.63) is 34.1 Å². The molecule has 16 heavy (non-hydrogen) atoms. The zero-order chi connectivity index (χ0) is 11.8. The molecule has 0 aliphatic heterocycles. The maximum atomic E-state index is 13.1. The summed E-state index contributed by atoms with van der Waals surface area (Å²) in [4.78, 5) is 0. The highest BCUT2D eigenvalue weighted by Crippen LogP contribution is 2.36. The lowest BCUT2D eigenvalue weighted by Crippen LogP contribution is -2.27. The van der Waals surface area contributed by atoms with Gasteiger partial charge in [-0.2, -0.15) is 0 Å². The minimum absolute atomic E-state index is 0.254. The molecule has 1 aromatic rings. The van der Waals surface area contributed by atoms with E-state index in [0.29, 0.717) is 16.8 Å². The molecule has 2 atom stereocenters. The molecule has 1 fully saturated rings. The van der Waals surface area contributed by atoms with Crippen molar-refractivity contribution in [1.29, 1.82) is 0 Å². The Balaban J connectivity index is 2.12. The molecule has 0 aromatic heterocycles. The van der Waals surface area contributed by atoms with Gasteiger partial charge in [0.05, 0.1) is 10.1 Å². The van der Waals surface area contributed by atoms with Crippen LogP contribution >= 0.6 is 15.9 Å². The topological polar surface area (TPSA) is 20.2 Å². The fourth-order valence-corrected chi connectivity index (χ4v) is 2.98. The summed E-state index contributed by atoms with van der Waals surface area (Å²) in [5.41, 5.74) is 0.404. The summed E-state index contributed by atoms with van der Waals surface area (Å²) < 4.78 is 13.5. The maximum absolute atomic E-state index is 13.1. The van der Waals surface area contributed by atoms with Crippen molar-refractivity contribution >= 4 is 15.9 Å². The van der Waals surface area contributed by atoms with Crippen LogP contribution < -0.4 is 0 Å². The molecular weight excluding hydrogens is 271 g/mol. The quantitative estimate of drug-likeness (QED) is 0.879. The predicted octanol–water partition coefficient (Wildman–Crippen LogP) is 3.68. The van der Waals surface area contributed by atoms with Gasteiger partial charge in [0.15, 0.2) is 0 Å². The lowest BCUT2D eigenvalue weighted by molar-refractivity contribution is 0.0446. The van der Waals surface area contributed by atoms with Gasteiger partial charge in [0.25, 0.3) is 0 Å². The second-order valence-corrected chi connectivity index (χ2v) is 5.85. The van der Waals surface area contributed by atoms with Crippen molar-refractivity contribution in [3.63, 3.8) is 0 Å². The van der Waals surface area contributed by atoms with Crippen molar-refractivity contribution in [3.8, 4) is 0 Å². The van der Waals surface area contributed by atoms with Gasteiger partial charge in [0, 0.05) is 6.42 Å². The van der Waals surface area contributed by atoms with Gasteiger partial charge in [0.1, 0.15) is 5.82 Å². The summed E-state index contributed by atoms with van der Waals surface area (Å²) in [6.45, 7) is 2.17. The first-order chi connectivity index (χ1) is 7.48. The van der Waals surface area contributed by atoms with Crippen LogP contribution in [0.5, 0.6) is 0 Å². The standard InChI is InChI=1S/C13H16BrFO/c1-9-4-5-13(16,7-9)8-10-2-3-12(15)11(14)6-10/h2-3,6,9,16H,4-5,7-8H2,1H3. The molecule has 0 saturated heterocycles. The minimum Gasteiger partial charge on any atom is -0.390 e. The summed E-state index contributed by atoms with van der Waals surface area (Å²) in [7, 11) is 0. The summed E-state index contributed by atoms with van der Waals surface area (Å²) in [5.74, 6) is 0.337. The highest BCUT2D eigenvalue weighted by Gasteiger charge is 2.35. The molecule has 3 heteroatoms. The minimum atomic E-state index is -0.587. The Morgan fingerprint density at radius 3 is 2.88 bits per heavy atom. The number of hydrogen-bond acceptors (Lipinski definition) is 1. The first kappa shape index (κ1) is 12.1. The molecule has 0 spiro atoms. The third kappa shape index (κ3) is 2.64. The molecule has 1 aliphatic rings. The molecular formula is C13H16BrFO. The van der Waals surface area contributed by atoms with Gasteiger partial charge in [-0.15, -0.1) is 0 Å². The van der Waals surface area contributed by atoms with E-state index >= 15 is 0 Å². The fraction of sp³-hybridized carbons (Fsp3) is 0.538. The summed E-state index contributed by atoms with van der Waals surface area (Å²) in [6.07, 6.45) is 3.40. The van der Waals surface area contributed by atoms with Crippen LogP contribution in [0.4, 0.5) is 4.39 Å². The molecule has 0 amide bonds. The molecule has 0 bridgehead atoms. The Hall–Kier alpha value is -0.410. The normalized spacial score (nSPS) is 29.6. The molecule has 0 radical (unpaired) electrons. The number of aliphatic hydroxyl groups is 1. The second kappa shape index (κ2) is 4.46. The van der Waals surface area contributed by atoms with E-state index in [-0.39, 0.29) is 5.82 Å². The Morgan fingerprint density at radius 1 is 1.56 bits per heavy atom. The summed E-state index contributed by atoms with van der Waals surface area (Å²) in [5, 5.41) is 10.4. The Labute approximate surface area is 104 Å². The molecule has 2 unspecified atom stereocenters. The van der Waals surface area contributed by atoms with Crippen LogP contribution in [-0.4, -0.2) is 10.7 Å². The third-order valence-electron chi connectivity index (χ3n) is 3.35. The van der Waals surface area contributed by atoms with Crippen molar-refractivity contribution in [2.45, 2.75) is 38.2 Å². The molecule has 1 saturated carbocycles. The van der Waals surface area contributed by atoms with Crippen LogP contribution in [0.15, 0.2) is 22.7 Å². The van der Waals surface area contributed by atoms with E-state index in [4.69, 9.17) is 0 Å². The lowest BCUT2D eigenvalue weighted by Gasteiger charge is -2.22. The van der Waals surface area contributed by atoms with E-state index in [9.17, 15) is 9.50 Å². The van der Waals surface area contributed by atoms with Crippen molar-refractivity contribution < 1.29 is 9.50 Å². The Kier molecular flexibility index (Phi) is 3.36. The summed E-state index contributed by atoms with van der Waals surface area (Å²) in [6, 6.07) is 4.96. The van der Waals surface area contributed by atoms with Gasteiger partial charge in [-0.25, -0.2) is 4.39 Å².